The molecule has 3 aliphatic rings. The molecule has 66 heavy (non-hydrogen) atoms. The van der Waals surface area contributed by atoms with Crippen LogP contribution in [-0.2, 0) is 37.1 Å². The van der Waals surface area contributed by atoms with Crippen LogP contribution in [0.4, 0.5) is 19.1 Å². The van der Waals surface area contributed by atoms with Crippen molar-refractivity contribution < 1.29 is 41.1 Å². The van der Waals surface area contributed by atoms with E-state index in [0.717, 1.165) is 27.3 Å². The largest absolute Gasteiger partial charge is 0.419 e. The number of hydrogen-bond donors (Lipinski definition) is 4. The third-order valence-corrected chi connectivity index (χ3v) is 15.6. The zero-order chi connectivity index (χ0) is 47.6. The number of likely N-dealkylation sites (tertiary alicyclic amines) is 2. The molecule has 4 N–H and O–H groups in total. The molecular weight excluding hydrogens is 896 g/mol. The molecule has 0 saturated carbocycles. The molecule has 0 spiro atoms. The fraction of sp³-hybridized carbons (Fsp3) is 0.522. The molecule has 2 aromatic carbocycles. The Labute approximate surface area is 387 Å². The molecule has 4 atom stereocenters. The lowest BCUT2D eigenvalue weighted by atomic mass is 9.84. The number of piperidine rings is 2. The molecule has 0 bridgehead atoms. The summed E-state index contributed by atoms with van der Waals surface area (Å²) >= 11 is 1.56. The van der Waals surface area contributed by atoms with Crippen molar-refractivity contribution in [3.05, 3.63) is 88.8 Å². The van der Waals surface area contributed by atoms with Gasteiger partial charge in [-0.2, -0.15) is 17.5 Å². The summed E-state index contributed by atoms with van der Waals surface area (Å²) in [7, 11) is -3.83. The smallest absolute Gasteiger partial charge is 0.391 e. The van der Waals surface area contributed by atoms with Gasteiger partial charge in [-0.05, 0) is 86.9 Å². The van der Waals surface area contributed by atoms with Crippen molar-refractivity contribution in [1.29, 1.82) is 0 Å². The predicted octanol–water partition coefficient (Wildman–Crippen LogP) is 5.77. The Bertz CT molecular complexity index is 2450. The van der Waals surface area contributed by atoms with Crippen LogP contribution in [0.3, 0.4) is 0 Å². The van der Waals surface area contributed by atoms with Crippen molar-refractivity contribution in [1.82, 2.24) is 39.7 Å². The first-order valence-corrected chi connectivity index (χ1v) is 24.6. The number of carbonyl (C=O) groups is 3. The SMILES string of the molecule is Cc1ncsc1-c1ccc([C@H](C)NC(=O)[C@@H]2C[C@@H](O)CN2C(=O)[C@H](NC(=O)C2CCN(Cc3cccc(S(=O)(=O)N4CCC(Nc5ncc(C(F)(F)F)cn5)CC4)c3)CC2)C(C)(C)C)cc1. The molecule has 15 nitrogen and oxygen atoms in total. The van der Waals surface area contributed by atoms with Gasteiger partial charge in [0.25, 0.3) is 0 Å². The van der Waals surface area contributed by atoms with Crippen LogP contribution in [0.2, 0.25) is 0 Å². The Morgan fingerprint density at radius 2 is 1.58 bits per heavy atom. The minimum atomic E-state index is -4.54. The molecule has 3 amide bonds. The van der Waals surface area contributed by atoms with Gasteiger partial charge in [-0.15, -0.1) is 11.3 Å². The lowest BCUT2D eigenvalue weighted by Gasteiger charge is -2.37. The minimum absolute atomic E-state index is 0.0297. The summed E-state index contributed by atoms with van der Waals surface area (Å²) in [6.45, 7) is 11.4. The van der Waals surface area contributed by atoms with Gasteiger partial charge in [0.1, 0.15) is 12.1 Å². The number of halogens is 3. The first-order chi connectivity index (χ1) is 31.2. The van der Waals surface area contributed by atoms with Crippen LogP contribution in [-0.4, -0.2) is 117 Å². The molecule has 0 radical (unpaired) electrons. The highest BCUT2D eigenvalue weighted by atomic mass is 32.2. The van der Waals surface area contributed by atoms with Gasteiger partial charge in [-0.1, -0.05) is 57.2 Å². The van der Waals surface area contributed by atoms with Crippen molar-refractivity contribution in [2.75, 3.05) is 38.0 Å². The zero-order valence-corrected chi connectivity index (χ0v) is 39.3. The molecule has 5 heterocycles. The van der Waals surface area contributed by atoms with E-state index in [1.807, 2.05) is 65.0 Å². The quantitative estimate of drug-likeness (QED) is 0.127. The highest BCUT2D eigenvalue weighted by Crippen LogP contribution is 2.32. The molecular formula is C46H58F3N9O6S2. The first-order valence-electron chi connectivity index (χ1n) is 22.2. The van der Waals surface area contributed by atoms with Gasteiger partial charge >= 0.3 is 6.18 Å². The maximum absolute atomic E-state index is 14.3. The average molecular weight is 954 g/mol. The number of anilines is 1. The van der Waals surface area contributed by atoms with E-state index in [4.69, 9.17) is 0 Å². The van der Waals surface area contributed by atoms with E-state index >= 15 is 0 Å². The summed E-state index contributed by atoms with van der Waals surface area (Å²) < 4.78 is 67.5. The number of aryl methyl sites for hydroxylation is 1. The third kappa shape index (κ3) is 11.6. The number of thiazole rings is 1. The van der Waals surface area contributed by atoms with Crippen molar-refractivity contribution >= 4 is 45.0 Å². The molecule has 3 aliphatic heterocycles. The number of benzene rings is 2. The number of amides is 3. The van der Waals surface area contributed by atoms with E-state index in [1.165, 1.54) is 9.21 Å². The van der Waals surface area contributed by atoms with E-state index in [-0.39, 0.29) is 66.7 Å². The van der Waals surface area contributed by atoms with Gasteiger partial charge in [-0.25, -0.2) is 23.4 Å². The summed E-state index contributed by atoms with van der Waals surface area (Å²) in [5.74, 6) is -1.38. The summed E-state index contributed by atoms with van der Waals surface area (Å²) in [4.78, 5) is 58.6. The Morgan fingerprint density at radius 3 is 2.18 bits per heavy atom. The van der Waals surface area contributed by atoms with Crippen molar-refractivity contribution in [3.8, 4) is 10.4 Å². The number of alkyl halides is 3. The number of nitrogens with one attached hydrogen (secondary N) is 3. The maximum atomic E-state index is 14.3. The number of aromatic nitrogens is 3. The van der Waals surface area contributed by atoms with E-state index in [2.05, 4.69) is 35.8 Å². The van der Waals surface area contributed by atoms with Crippen LogP contribution in [0.5, 0.6) is 0 Å². The number of aliphatic hydroxyl groups is 1. The standard InChI is InChI=1S/C46H58F3N9O6S2/c1-28(31-9-11-32(12-10-31)39-29(2)52-27-65-39)53-42(61)38-22-36(59)26-58(38)43(62)40(45(3,4)5)55-41(60)33-13-17-56(18-14-33)25-30-7-6-8-37(21-30)66(63,64)57-19-15-35(16-20-57)54-44-50-23-34(24-51-44)46(47,48)49/h6-12,21,23-24,27-28,33,35-36,38,40,59H,13-20,22,25-26H2,1-5H3,(H,53,61)(H,55,60)(H,50,51,54)/t28-,36+,38-,40-/m0/s1. The number of rotatable bonds is 13. The van der Waals surface area contributed by atoms with Gasteiger partial charge in [0, 0.05) is 57.0 Å². The van der Waals surface area contributed by atoms with Crippen LogP contribution in [0.25, 0.3) is 10.4 Å². The summed E-state index contributed by atoms with van der Waals surface area (Å²) in [6.07, 6.45) is -2.06. The van der Waals surface area contributed by atoms with E-state index in [0.29, 0.717) is 57.7 Å². The van der Waals surface area contributed by atoms with Crippen LogP contribution in [0, 0.1) is 18.3 Å². The molecule has 0 unspecified atom stereocenters. The highest BCUT2D eigenvalue weighted by molar-refractivity contribution is 7.89. The Kier molecular flexibility index (Phi) is 14.9. The number of carbonyl (C=O) groups excluding carboxylic acids is 3. The molecule has 3 saturated heterocycles. The van der Waals surface area contributed by atoms with Crippen LogP contribution in [0.1, 0.15) is 88.2 Å². The minimum Gasteiger partial charge on any atom is -0.391 e. The Morgan fingerprint density at radius 1 is 0.909 bits per heavy atom. The van der Waals surface area contributed by atoms with Crippen molar-refractivity contribution in [2.24, 2.45) is 11.3 Å². The predicted molar refractivity (Wildman–Crippen MR) is 243 cm³/mol. The Balaban J connectivity index is 0.898. The number of aliphatic hydroxyl groups excluding tert-OH is 1. The molecule has 4 aromatic rings. The molecule has 3 fully saturated rings. The monoisotopic (exact) mass is 953 g/mol. The second-order valence-electron chi connectivity index (χ2n) is 18.6. The normalized spacial score (nSPS) is 20.5. The lowest BCUT2D eigenvalue weighted by molar-refractivity contribution is -0.145. The summed E-state index contributed by atoms with van der Waals surface area (Å²) in [6, 6.07) is 12.2. The highest BCUT2D eigenvalue weighted by Gasteiger charge is 2.45. The number of nitrogens with zero attached hydrogens (tertiary/aromatic N) is 6. The number of sulfonamides is 1. The zero-order valence-electron chi connectivity index (χ0n) is 37.7. The fourth-order valence-corrected chi connectivity index (χ4v) is 11.2. The van der Waals surface area contributed by atoms with Gasteiger partial charge in [-0.3, -0.25) is 19.3 Å². The van der Waals surface area contributed by atoms with E-state index in [1.54, 1.807) is 35.0 Å². The third-order valence-electron chi connectivity index (χ3n) is 12.7. The van der Waals surface area contributed by atoms with Gasteiger partial charge in [0.05, 0.1) is 38.7 Å². The maximum Gasteiger partial charge on any atom is 0.419 e. The molecule has 0 aliphatic carbocycles. The topological polar surface area (TPSA) is 190 Å². The van der Waals surface area contributed by atoms with E-state index in [9.17, 15) is 41.1 Å². The number of hydrogen-bond acceptors (Lipinski definition) is 12. The average Bonchev–Trinajstić information content (AvgIpc) is 3.90. The van der Waals surface area contributed by atoms with Crippen LogP contribution in [0.15, 0.2) is 71.3 Å². The van der Waals surface area contributed by atoms with Gasteiger partial charge in [0.2, 0.25) is 33.7 Å². The molecule has 2 aromatic heterocycles. The van der Waals surface area contributed by atoms with Crippen molar-refractivity contribution in [2.45, 2.75) is 115 Å². The molecule has 20 heteroatoms. The second-order valence-corrected chi connectivity index (χ2v) is 21.4. The summed E-state index contributed by atoms with van der Waals surface area (Å²) in [5, 5.41) is 19.8. The van der Waals surface area contributed by atoms with Gasteiger partial charge in [0.15, 0.2) is 0 Å². The first kappa shape index (κ1) is 48.9. The molecule has 7 rings (SSSR count). The second kappa shape index (κ2) is 20.1. The van der Waals surface area contributed by atoms with Gasteiger partial charge < -0.3 is 26.0 Å². The summed E-state index contributed by atoms with van der Waals surface area (Å²) in [5.41, 5.74) is 3.82. The number of β-amino-alcohol motifs (C(OH)–C–C–N with tert-alkyl or cyclic N) is 1. The van der Waals surface area contributed by atoms with Crippen LogP contribution < -0.4 is 16.0 Å². The van der Waals surface area contributed by atoms with Crippen LogP contribution >= 0.6 is 11.3 Å². The van der Waals surface area contributed by atoms with Crippen molar-refractivity contribution in [3.63, 3.8) is 0 Å². The lowest BCUT2D eigenvalue weighted by Crippen LogP contribution is -2.59. The Hall–Kier alpha value is -5.02. The molecule has 356 valence electrons. The van der Waals surface area contributed by atoms with E-state index < -0.39 is 51.3 Å². The fourth-order valence-electron chi connectivity index (χ4n) is 8.81.